The lowest BCUT2D eigenvalue weighted by Gasteiger charge is -2.27. The number of hydrogen-bond donors (Lipinski definition) is 9. The Morgan fingerprint density at radius 2 is 1.86 bits per heavy atom. The second-order valence-corrected chi connectivity index (χ2v) is 15.0. The maximum Gasteiger partial charge on any atom is 0.280 e. The first-order valence-electron chi connectivity index (χ1n) is 12.9. The molecule has 4 aromatic rings. The number of anilines is 2. The van der Waals surface area contributed by atoms with E-state index >= 15 is 0 Å². The fraction of sp³-hybridized carbons (Fsp3) is 0.500. The van der Waals surface area contributed by atoms with E-state index in [2.05, 4.69) is 47.2 Å². The van der Waals surface area contributed by atoms with Crippen LogP contribution in [0, 0.1) is 0 Å². The van der Waals surface area contributed by atoms with Crippen molar-refractivity contribution in [2.24, 2.45) is 5.50 Å². The van der Waals surface area contributed by atoms with Crippen LogP contribution in [0.1, 0.15) is 18.9 Å². The molecule has 0 saturated carbocycles. The van der Waals surface area contributed by atoms with Gasteiger partial charge in [-0.2, -0.15) is 4.98 Å². The molecular formula is C20H28N12O8P2S2. The Bertz CT molecular complexity index is 1780. The lowest BCUT2D eigenvalue weighted by molar-refractivity contribution is -0.0461. The van der Waals surface area contributed by atoms with E-state index in [4.69, 9.17) is 47.3 Å². The molecule has 2 fully saturated rings. The van der Waals surface area contributed by atoms with Crippen molar-refractivity contribution in [1.29, 1.82) is 0 Å². The summed E-state index contributed by atoms with van der Waals surface area (Å²) in [5.41, 5.74) is 17.5. The predicted molar refractivity (Wildman–Crippen MR) is 162 cm³/mol. The summed E-state index contributed by atoms with van der Waals surface area (Å²) < 4.78 is 26.0. The van der Waals surface area contributed by atoms with Crippen LogP contribution < -0.4 is 27.6 Å². The topological polar surface area (TPSA) is 295 Å². The lowest BCUT2D eigenvalue weighted by Crippen LogP contribution is -2.44. The Labute approximate surface area is 258 Å². The predicted octanol–water partition coefficient (Wildman–Crippen LogP) is -1.65. The molecule has 20 nitrogen and oxygen atoms in total. The van der Waals surface area contributed by atoms with E-state index in [0.29, 0.717) is 11.2 Å². The van der Waals surface area contributed by atoms with E-state index in [0.717, 1.165) is 0 Å². The van der Waals surface area contributed by atoms with E-state index in [9.17, 15) is 19.9 Å². The number of nitrogens with zero attached hydrogens (tertiary/aromatic N) is 7. The Morgan fingerprint density at radius 1 is 1.14 bits per heavy atom. The number of rotatable bonds is 10. The van der Waals surface area contributed by atoms with Gasteiger partial charge in [-0.05, 0) is 11.8 Å². The molecule has 0 bridgehead atoms. The van der Waals surface area contributed by atoms with Crippen LogP contribution in [-0.2, 0) is 30.3 Å². The van der Waals surface area contributed by atoms with Crippen LogP contribution in [0.15, 0.2) is 23.8 Å². The summed E-state index contributed by atoms with van der Waals surface area (Å²) in [6, 6.07) is -1.04. The van der Waals surface area contributed by atoms with Crippen molar-refractivity contribution < 1.29 is 33.6 Å². The number of nitrogen functional groups attached to an aromatic ring is 2. The molecule has 238 valence electrons. The molecular weight excluding hydrogens is 662 g/mol. The quantitative estimate of drug-likeness (QED) is 0.0665. The van der Waals surface area contributed by atoms with Crippen molar-refractivity contribution in [2.75, 3.05) is 24.7 Å². The normalized spacial score (nSPS) is 29.4. The number of ether oxygens (including phenoxy) is 2. The average Bonchev–Trinajstić information content (AvgIpc) is 3.72. The second kappa shape index (κ2) is 12.4. The second-order valence-electron chi connectivity index (χ2n) is 9.93. The summed E-state index contributed by atoms with van der Waals surface area (Å²) in [6.45, 7) is -4.16. The standard InChI is InChI=1S/C20H28N12O8P2S2/c21-14-11-15(25-4-24-14)31(5-26-11)18-8(33)1-7(39-18)2-38-42(36,44)30-10-9(3-37-41(23)43)40-19(13(10)34)32-6-27-12-16(32)28-20(22)29-17(12)35/h4-10,13,18-19,33-34,43H,1-3,23H2,(H2,21,24,25)(H2,30,36,44)(H3,22,28,29,35)/t7-,8+,9+,10+,13+,18+,19+,41-,42?/m0/s1. The molecule has 0 spiro atoms. The SMILES string of the molecule is Nc1nc2c(ncn2[C@@H]2O[C@H](CO[P@](N)S)[C@@H](NP(O)(=S)OC[C@@H]3C[C@@H](O)[C@H](n4cnc5c(N)ncnc54)O3)[C@H]2O)c(=O)[nH]1. The minimum atomic E-state index is -3.82. The number of nitrogens with one attached hydrogen (secondary N) is 2. The molecule has 2 saturated heterocycles. The van der Waals surface area contributed by atoms with Crippen molar-refractivity contribution >= 4 is 72.3 Å². The minimum Gasteiger partial charge on any atom is -0.388 e. The zero-order chi connectivity index (χ0) is 31.3. The Balaban J connectivity index is 1.15. The summed E-state index contributed by atoms with van der Waals surface area (Å²) in [4.78, 5) is 46.1. The number of H-pyrrole nitrogens is 1. The first kappa shape index (κ1) is 31.5. The molecule has 6 heterocycles. The minimum absolute atomic E-state index is 0.0210. The average molecular weight is 691 g/mol. The molecule has 0 aromatic carbocycles. The van der Waals surface area contributed by atoms with Gasteiger partial charge < -0.3 is 45.1 Å². The van der Waals surface area contributed by atoms with Crippen LogP contribution in [0.4, 0.5) is 11.8 Å². The molecule has 11 N–H and O–H groups in total. The number of fused-ring (bicyclic) bond motifs is 2. The van der Waals surface area contributed by atoms with E-state index in [1.54, 1.807) is 0 Å². The van der Waals surface area contributed by atoms with Gasteiger partial charge in [-0.1, -0.05) is 0 Å². The summed E-state index contributed by atoms with van der Waals surface area (Å²) in [5, 5.41) is 24.8. The molecule has 24 heteroatoms. The molecule has 0 aliphatic carbocycles. The molecule has 2 aliphatic rings. The van der Waals surface area contributed by atoms with Gasteiger partial charge in [0.2, 0.25) is 5.95 Å². The third-order valence-electron chi connectivity index (χ3n) is 7.05. The number of nitrogens with two attached hydrogens (primary N) is 3. The van der Waals surface area contributed by atoms with Crippen LogP contribution in [0.3, 0.4) is 0 Å². The zero-order valence-corrected chi connectivity index (χ0v) is 25.9. The number of aromatic amines is 1. The van der Waals surface area contributed by atoms with Gasteiger partial charge in [0.1, 0.15) is 30.2 Å². The van der Waals surface area contributed by atoms with Crippen molar-refractivity contribution in [1.82, 2.24) is 44.1 Å². The van der Waals surface area contributed by atoms with E-state index in [1.807, 2.05) is 0 Å². The number of aromatic nitrogens is 8. The summed E-state index contributed by atoms with van der Waals surface area (Å²) >= 11 is 9.43. The molecule has 4 aromatic heterocycles. The zero-order valence-electron chi connectivity index (χ0n) is 22.4. The fourth-order valence-electron chi connectivity index (χ4n) is 5.11. The van der Waals surface area contributed by atoms with Gasteiger partial charge in [-0.3, -0.25) is 24.4 Å². The largest absolute Gasteiger partial charge is 0.388 e. The number of thiol groups is 1. The Hall–Kier alpha value is -2.43. The first-order chi connectivity index (χ1) is 20.9. The molecule has 6 rings (SSSR count). The fourth-order valence-corrected chi connectivity index (χ4v) is 7.29. The third kappa shape index (κ3) is 6.18. The van der Waals surface area contributed by atoms with Crippen LogP contribution >= 0.6 is 26.4 Å². The molecule has 44 heavy (non-hydrogen) atoms. The summed E-state index contributed by atoms with van der Waals surface area (Å²) in [7, 11) is -1.59. The smallest absolute Gasteiger partial charge is 0.280 e. The highest BCUT2D eigenvalue weighted by Crippen LogP contribution is 2.44. The van der Waals surface area contributed by atoms with Gasteiger partial charge in [0.25, 0.3) is 12.2 Å². The Morgan fingerprint density at radius 3 is 2.61 bits per heavy atom. The van der Waals surface area contributed by atoms with E-state index in [-0.39, 0.29) is 42.6 Å². The van der Waals surface area contributed by atoms with Crippen molar-refractivity contribution in [2.45, 2.75) is 49.3 Å². The highest BCUT2D eigenvalue weighted by atomic mass is 32.7. The highest BCUT2D eigenvalue weighted by Gasteiger charge is 2.48. The third-order valence-corrected chi connectivity index (χ3v) is 9.56. The van der Waals surface area contributed by atoms with Gasteiger partial charge in [0, 0.05) is 6.42 Å². The number of aliphatic hydroxyl groups is 2. The molecule has 0 radical (unpaired) electrons. The lowest BCUT2D eigenvalue weighted by atomic mass is 10.1. The van der Waals surface area contributed by atoms with Gasteiger partial charge in [-0.15, -0.1) is 12.2 Å². The maximum absolute atomic E-state index is 12.3. The van der Waals surface area contributed by atoms with Gasteiger partial charge >= 0.3 is 0 Å². The van der Waals surface area contributed by atoms with Gasteiger partial charge in [-0.25, -0.2) is 25.0 Å². The molecule has 1 unspecified atom stereocenters. The number of hydrogen-bond acceptors (Lipinski definition) is 17. The van der Waals surface area contributed by atoms with Crippen LogP contribution in [0.25, 0.3) is 22.3 Å². The number of imidazole rings is 2. The Kier molecular flexibility index (Phi) is 8.89. The molecule has 9 atom stereocenters. The van der Waals surface area contributed by atoms with Crippen LogP contribution in [0.2, 0.25) is 0 Å². The van der Waals surface area contributed by atoms with Crippen molar-refractivity contribution in [3.63, 3.8) is 0 Å². The van der Waals surface area contributed by atoms with Crippen molar-refractivity contribution in [3.05, 3.63) is 29.3 Å². The van der Waals surface area contributed by atoms with Crippen molar-refractivity contribution in [3.8, 4) is 0 Å². The maximum atomic E-state index is 12.3. The number of aliphatic hydroxyl groups excluding tert-OH is 2. The van der Waals surface area contributed by atoms with E-state index < -0.39 is 62.6 Å². The van der Waals surface area contributed by atoms with Crippen LogP contribution in [-0.4, -0.2) is 97.8 Å². The van der Waals surface area contributed by atoms with Crippen LogP contribution in [0.5, 0.6) is 0 Å². The highest BCUT2D eigenvalue weighted by molar-refractivity contribution is 8.42. The monoisotopic (exact) mass is 690 g/mol. The summed E-state index contributed by atoms with van der Waals surface area (Å²) in [5.74, 6) is 0.0273. The van der Waals surface area contributed by atoms with Gasteiger partial charge in [0.05, 0.1) is 38.0 Å². The van der Waals surface area contributed by atoms with E-state index in [1.165, 1.54) is 28.1 Å². The first-order valence-corrected chi connectivity index (χ1v) is 18.0. The molecule has 0 amide bonds. The molecule has 2 aliphatic heterocycles. The van der Waals surface area contributed by atoms with Gasteiger partial charge in [0.15, 0.2) is 42.6 Å². The summed E-state index contributed by atoms with van der Waals surface area (Å²) in [6.07, 6.45) is -1.78.